The lowest BCUT2D eigenvalue weighted by Crippen LogP contribution is -2.32. The Morgan fingerprint density at radius 2 is 1.82 bits per heavy atom. The maximum absolute atomic E-state index is 12.7. The summed E-state index contributed by atoms with van der Waals surface area (Å²) in [5.41, 5.74) is 1.25. The van der Waals surface area contributed by atoms with Crippen molar-refractivity contribution in [2.24, 2.45) is 0 Å². The van der Waals surface area contributed by atoms with E-state index in [1.165, 1.54) is 24.1 Å². The third kappa shape index (κ3) is 4.12. The van der Waals surface area contributed by atoms with Gasteiger partial charge in [-0.25, -0.2) is 4.39 Å². The van der Waals surface area contributed by atoms with E-state index < -0.39 is 0 Å². The van der Waals surface area contributed by atoms with E-state index in [1.54, 1.807) is 0 Å². The van der Waals surface area contributed by atoms with E-state index in [1.807, 2.05) is 12.1 Å². The van der Waals surface area contributed by atoms with E-state index in [2.05, 4.69) is 20.8 Å². The molecule has 1 aliphatic heterocycles. The minimum absolute atomic E-state index is 0.0753. The molecule has 96 valence electrons. The van der Waals surface area contributed by atoms with Gasteiger partial charge in [0.2, 0.25) is 0 Å². The fourth-order valence-corrected chi connectivity index (χ4v) is 2.01. The van der Waals surface area contributed by atoms with Crippen molar-refractivity contribution in [3.8, 4) is 0 Å². The summed E-state index contributed by atoms with van der Waals surface area (Å²) >= 11 is 0. The highest BCUT2D eigenvalue weighted by Crippen LogP contribution is 2.32. The average Bonchev–Trinajstić information content (AvgIpc) is 2.31. The van der Waals surface area contributed by atoms with Gasteiger partial charge >= 0.3 is 0 Å². The van der Waals surface area contributed by atoms with E-state index in [0.717, 1.165) is 26.1 Å². The SMILES string of the molecule is CC1(c2ccc(F)cc2)CCCOC1.CCC. The summed E-state index contributed by atoms with van der Waals surface area (Å²) in [6.07, 6.45) is 3.46. The largest absolute Gasteiger partial charge is 0.381 e. The van der Waals surface area contributed by atoms with Crippen molar-refractivity contribution in [2.45, 2.75) is 45.4 Å². The lowest BCUT2D eigenvalue weighted by atomic mass is 9.78. The zero-order valence-corrected chi connectivity index (χ0v) is 11.1. The summed E-state index contributed by atoms with van der Waals surface area (Å²) in [7, 11) is 0. The molecule has 0 bridgehead atoms. The van der Waals surface area contributed by atoms with Gasteiger partial charge in [0.05, 0.1) is 6.61 Å². The van der Waals surface area contributed by atoms with Crippen molar-refractivity contribution in [1.82, 2.24) is 0 Å². The molecule has 1 nitrogen and oxygen atoms in total. The standard InChI is InChI=1S/C12H15FO.C3H8/c1-12(7-2-8-14-9-12)10-3-5-11(13)6-4-10;1-3-2/h3-6H,2,7-9H2,1H3;3H2,1-2H3. The van der Waals surface area contributed by atoms with Crippen LogP contribution in [0.25, 0.3) is 0 Å². The fourth-order valence-electron chi connectivity index (χ4n) is 2.01. The van der Waals surface area contributed by atoms with E-state index in [0.29, 0.717) is 0 Å². The highest BCUT2D eigenvalue weighted by Gasteiger charge is 2.29. The Balaban J connectivity index is 0.000000437. The lowest BCUT2D eigenvalue weighted by Gasteiger charge is -2.33. The zero-order chi connectivity index (χ0) is 12.7. The second kappa shape index (κ2) is 6.75. The van der Waals surface area contributed by atoms with Gasteiger partial charge in [0.1, 0.15) is 5.82 Å². The number of rotatable bonds is 1. The molecule has 1 saturated heterocycles. The number of hydrogen-bond donors (Lipinski definition) is 0. The summed E-state index contributed by atoms with van der Waals surface area (Å²) in [6.45, 7) is 8.04. The molecule has 0 amide bonds. The van der Waals surface area contributed by atoms with Crippen molar-refractivity contribution < 1.29 is 9.13 Å². The Labute approximate surface area is 104 Å². The Bertz CT molecular complexity index is 312. The highest BCUT2D eigenvalue weighted by molar-refractivity contribution is 5.25. The van der Waals surface area contributed by atoms with Crippen LogP contribution < -0.4 is 0 Å². The van der Waals surface area contributed by atoms with E-state index >= 15 is 0 Å². The molecule has 17 heavy (non-hydrogen) atoms. The van der Waals surface area contributed by atoms with Gasteiger partial charge in [0.15, 0.2) is 0 Å². The summed E-state index contributed by atoms with van der Waals surface area (Å²) in [5, 5.41) is 0. The van der Waals surface area contributed by atoms with E-state index in [-0.39, 0.29) is 11.2 Å². The van der Waals surface area contributed by atoms with Crippen LogP contribution in [0.2, 0.25) is 0 Å². The minimum atomic E-state index is -0.172. The van der Waals surface area contributed by atoms with Crippen LogP contribution in [0.3, 0.4) is 0 Å². The molecule has 0 aliphatic carbocycles. The third-order valence-corrected chi connectivity index (χ3v) is 2.98. The van der Waals surface area contributed by atoms with Crippen LogP contribution in [-0.2, 0) is 10.2 Å². The number of halogens is 1. The van der Waals surface area contributed by atoms with Crippen molar-refractivity contribution in [1.29, 1.82) is 0 Å². The van der Waals surface area contributed by atoms with E-state index in [4.69, 9.17) is 4.74 Å². The fraction of sp³-hybridized carbons (Fsp3) is 0.600. The van der Waals surface area contributed by atoms with Crippen LogP contribution in [-0.4, -0.2) is 13.2 Å². The predicted molar refractivity (Wildman–Crippen MR) is 69.8 cm³/mol. The van der Waals surface area contributed by atoms with Gasteiger partial charge in [0.25, 0.3) is 0 Å². The van der Waals surface area contributed by atoms with Crippen LogP contribution in [0.4, 0.5) is 4.39 Å². The van der Waals surface area contributed by atoms with Gasteiger partial charge < -0.3 is 4.74 Å². The average molecular weight is 238 g/mol. The van der Waals surface area contributed by atoms with Crippen LogP contribution in [0.1, 0.15) is 45.6 Å². The van der Waals surface area contributed by atoms with Gasteiger partial charge in [-0.05, 0) is 30.5 Å². The summed E-state index contributed by atoms with van der Waals surface area (Å²) in [4.78, 5) is 0. The van der Waals surface area contributed by atoms with Crippen molar-refractivity contribution in [3.05, 3.63) is 35.6 Å². The van der Waals surface area contributed by atoms with Crippen LogP contribution >= 0.6 is 0 Å². The summed E-state index contributed by atoms with van der Waals surface area (Å²) < 4.78 is 18.2. The van der Waals surface area contributed by atoms with Gasteiger partial charge in [-0.3, -0.25) is 0 Å². The number of ether oxygens (including phenoxy) is 1. The molecule has 0 spiro atoms. The Kier molecular flexibility index (Phi) is 5.63. The van der Waals surface area contributed by atoms with Crippen LogP contribution in [0.5, 0.6) is 0 Å². The molecule has 0 N–H and O–H groups in total. The molecule has 2 rings (SSSR count). The van der Waals surface area contributed by atoms with E-state index in [9.17, 15) is 4.39 Å². The lowest BCUT2D eigenvalue weighted by molar-refractivity contribution is 0.0419. The molecule has 1 fully saturated rings. The molecular formula is C15H23FO. The maximum atomic E-state index is 12.7. The first-order valence-corrected chi connectivity index (χ1v) is 6.46. The van der Waals surface area contributed by atoms with Crippen molar-refractivity contribution >= 4 is 0 Å². The molecule has 1 unspecified atom stereocenters. The molecule has 0 aromatic heterocycles. The van der Waals surface area contributed by atoms with Crippen molar-refractivity contribution in [2.75, 3.05) is 13.2 Å². The van der Waals surface area contributed by atoms with Gasteiger partial charge in [0, 0.05) is 12.0 Å². The first kappa shape index (κ1) is 14.2. The molecule has 1 atom stereocenters. The molecule has 0 radical (unpaired) electrons. The molecular weight excluding hydrogens is 215 g/mol. The molecule has 1 aromatic carbocycles. The number of benzene rings is 1. The second-order valence-electron chi connectivity index (χ2n) is 4.93. The van der Waals surface area contributed by atoms with Crippen molar-refractivity contribution in [3.63, 3.8) is 0 Å². The van der Waals surface area contributed by atoms with Gasteiger partial charge in [-0.15, -0.1) is 0 Å². The molecule has 1 aliphatic rings. The normalized spacial score (nSPS) is 23.8. The predicted octanol–water partition coefficient (Wildman–Crippen LogP) is 4.31. The maximum Gasteiger partial charge on any atom is 0.123 e. The minimum Gasteiger partial charge on any atom is -0.381 e. The topological polar surface area (TPSA) is 9.23 Å². The molecule has 1 heterocycles. The molecule has 2 heteroatoms. The highest BCUT2D eigenvalue weighted by atomic mass is 19.1. The first-order valence-electron chi connectivity index (χ1n) is 6.46. The monoisotopic (exact) mass is 238 g/mol. The third-order valence-electron chi connectivity index (χ3n) is 2.98. The molecule has 0 saturated carbocycles. The number of hydrogen-bond acceptors (Lipinski definition) is 1. The van der Waals surface area contributed by atoms with Crippen LogP contribution in [0, 0.1) is 5.82 Å². The molecule has 1 aromatic rings. The van der Waals surface area contributed by atoms with Gasteiger partial charge in [-0.1, -0.05) is 39.3 Å². The van der Waals surface area contributed by atoms with Gasteiger partial charge in [-0.2, -0.15) is 0 Å². The first-order chi connectivity index (χ1) is 8.12. The Hall–Kier alpha value is -0.890. The Morgan fingerprint density at radius 3 is 2.29 bits per heavy atom. The summed E-state index contributed by atoms with van der Waals surface area (Å²) in [5.74, 6) is -0.172. The zero-order valence-electron chi connectivity index (χ0n) is 11.1. The Morgan fingerprint density at radius 1 is 1.24 bits per heavy atom. The smallest absolute Gasteiger partial charge is 0.123 e. The summed E-state index contributed by atoms with van der Waals surface area (Å²) in [6, 6.07) is 6.78. The second-order valence-corrected chi connectivity index (χ2v) is 4.93. The van der Waals surface area contributed by atoms with Crippen LogP contribution in [0.15, 0.2) is 24.3 Å². The quantitative estimate of drug-likeness (QED) is 0.708.